The summed E-state index contributed by atoms with van der Waals surface area (Å²) in [4.78, 5) is 10.9. The van der Waals surface area contributed by atoms with E-state index in [1.807, 2.05) is 29.5 Å². The van der Waals surface area contributed by atoms with Crippen molar-refractivity contribution in [2.24, 2.45) is 0 Å². The highest BCUT2D eigenvalue weighted by Gasteiger charge is 2.23. The first-order valence-electron chi connectivity index (χ1n) is 17.1. The number of benzene rings is 7. The molecule has 11 rings (SSSR count). The van der Waals surface area contributed by atoms with Crippen LogP contribution in [-0.2, 0) is 0 Å². The van der Waals surface area contributed by atoms with Gasteiger partial charge in [0.15, 0.2) is 5.58 Å². The van der Waals surface area contributed by atoms with Gasteiger partial charge in [-0.25, -0.2) is 9.97 Å². The molecule has 0 aliphatic carbocycles. The molecule has 0 amide bonds. The van der Waals surface area contributed by atoms with Crippen molar-refractivity contribution < 1.29 is 4.42 Å². The molecule has 238 valence electrons. The fraction of sp³-hybridized carbons (Fsp3) is 0. The molecule has 0 spiro atoms. The van der Waals surface area contributed by atoms with Crippen molar-refractivity contribution in [2.75, 3.05) is 0 Å². The smallest absolute Gasteiger partial charge is 0.236 e. The fourth-order valence-electron chi connectivity index (χ4n) is 7.67. The van der Waals surface area contributed by atoms with Gasteiger partial charge in [-0.05, 0) is 64.7 Å². The van der Waals surface area contributed by atoms with Crippen LogP contribution in [0.1, 0.15) is 0 Å². The van der Waals surface area contributed by atoms with Crippen molar-refractivity contribution >= 4 is 75.4 Å². The number of rotatable bonds is 4. The van der Waals surface area contributed by atoms with E-state index in [2.05, 4.69) is 150 Å². The first-order chi connectivity index (χ1) is 25.3. The number of nitrogens with zero attached hydrogens (tertiary/aromatic N) is 3. The summed E-state index contributed by atoms with van der Waals surface area (Å²) in [6.07, 6.45) is 0. The first kappa shape index (κ1) is 28.3. The van der Waals surface area contributed by atoms with E-state index in [1.165, 1.54) is 30.9 Å². The first-order valence-corrected chi connectivity index (χ1v) is 17.9. The summed E-state index contributed by atoms with van der Waals surface area (Å²) < 4.78 is 11.4. The van der Waals surface area contributed by atoms with Gasteiger partial charge in [0.1, 0.15) is 16.8 Å². The van der Waals surface area contributed by atoms with Gasteiger partial charge in [-0.2, -0.15) is 0 Å². The van der Waals surface area contributed by atoms with E-state index < -0.39 is 0 Å². The second kappa shape index (κ2) is 11.0. The zero-order valence-electron chi connectivity index (χ0n) is 27.2. The monoisotopic (exact) mass is 669 g/mol. The summed E-state index contributed by atoms with van der Waals surface area (Å²) in [5.41, 5.74) is 10.7. The molecule has 11 aromatic rings. The maximum absolute atomic E-state index is 6.65. The largest absolute Gasteiger partial charge is 0.452 e. The predicted octanol–water partition coefficient (Wildman–Crippen LogP) is 12.8. The lowest BCUT2D eigenvalue weighted by Crippen LogP contribution is -2.03. The van der Waals surface area contributed by atoms with Crippen LogP contribution in [0.15, 0.2) is 168 Å². The third kappa shape index (κ3) is 4.32. The van der Waals surface area contributed by atoms with Gasteiger partial charge in [-0.3, -0.25) is 4.57 Å². The number of furan rings is 1. The van der Waals surface area contributed by atoms with Crippen molar-refractivity contribution in [3.8, 4) is 39.5 Å². The standard InChI is InChI=1S/C46H27N3OS/c1-3-13-28(14-4-1)30-25-31(29-15-5-2-6-16-29)27-32(26-30)41-44-42(37-19-8-11-21-39(37)50-44)48-46(47-41)49-38-20-10-7-17-33(38)35-23-24-36-34-18-9-12-22-40(34)51-45(36)43(35)49/h1-27H. The van der Waals surface area contributed by atoms with Gasteiger partial charge < -0.3 is 4.42 Å². The predicted molar refractivity (Wildman–Crippen MR) is 213 cm³/mol. The van der Waals surface area contributed by atoms with Crippen molar-refractivity contribution in [2.45, 2.75) is 0 Å². The van der Waals surface area contributed by atoms with Crippen LogP contribution < -0.4 is 0 Å². The topological polar surface area (TPSA) is 43.9 Å². The maximum atomic E-state index is 6.65. The van der Waals surface area contributed by atoms with E-state index >= 15 is 0 Å². The highest BCUT2D eigenvalue weighted by atomic mass is 32.1. The molecule has 0 fully saturated rings. The highest BCUT2D eigenvalue weighted by Crippen LogP contribution is 2.44. The lowest BCUT2D eigenvalue weighted by molar-refractivity contribution is 0.666. The number of fused-ring (bicyclic) bond motifs is 10. The van der Waals surface area contributed by atoms with Crippen molar-refractivity contribution in [1.29, 1.82) is 0 Å². The average molecular weight is 670 g/mol. The molecule has 4 nitrogen and oxygen atoms in total. The van der Waals surface area contributed by atoms with Crippen LogP contribution in [0.3, 0.4) is 0 Å². The lowest BCUT2D eigenvalue weighted by Gasteiger charge is -2.13. The van der Waals surface area contributed by atoms with Gasteiger partial charge in [-0.1, -0.05) is 121 Å². The summed E-state index contributed by atoms with van der Waals surface area (Å²) in [6.45, 7) is 0. The average Bonchev–Trinajstić information content (AvgIpc) is 3.88. The zero-order valence-corrected chi connectivity index (χ0v) is 28.1. The summed E-state index contributed by atoms with van der Waals surface area (Å²) in [7, 11) is 0. The lowest BCUT2D eigenvalue weighted by atomic mass is 9.95. The quantitative estimate of drug-likeness (QED) is 0.187. The third-order valence-corrected chi connectivity index (χ3v) is 11.2. The summed E-state index contributed by atoms with van der Waals surface area (Å²) >= 11 is 1.83. The molecule has 0 N–H and O–H groups in total. The molecule has 0 saturated carbocycles. The second-order valence-electron chi connectivity index (χ2n) is 13.0. The molecule has 0 unspecified atom stereocenters. The number of hydrogen-bond donors (Lipinski definition) is 0. The minimum Gasteiger partial charge on any atom is -0.452 e. The number of hydrogen-bond acceptors (Lipinski definition) is 4. The molecular formula is C46H27N3OS. The van der Waals surface area contributed by atoms with Gasteiger partial charge >= 0.3 is 0 Å². The number of para-hydroxylation sites is 2. The molecule has 0 radical (unpaired) electrons. The maximum Gasteiger partial charge on any atom is 0.236 e. The highest BCUT2D eigenvalue weighted by molar-refractivity contribution is 7.26. The molecule has 0 atom stereocenters. The van der Waals surface area contributed by atoms with Gasteiger partial charge in [-0.15, -0.1) is 11.3 Å². The van der Waals surface area contributed by atoms with Crippen LogP contribution in [0, 0.1) is 0 Å². The van der Waals surface area contributed by atoms with Crippen molar-refractivity contribution in [1.82, 2.24) is 14.5 Å². The molecule has 0 bridgehead atoms. The Balaban J connectivity index is 1.28. The van der Waals surface area contributed by atoms with E-state index in [0.29, 0.717) is 11.5 Å². The van der Waals surface area contributed by atoms with E-state index in [9.17, 15) is 0 Å². The van der Waals surface area contributed by atoms with Crippen LogP contribution >= 0.6 is 11.3 Å². The Bertz CT molecular complexity index is 3080. The molecule has 5 heteroatoms. The molecule has 51 heavy (non-hydrogen) atoms. The van der Waals surface area contributed by atoms with Crippen molar-refractivity contribution in [3.05, 3.63) is 164 Å². The minimum atomic E-state index is 0.617. The normalized spacial score (nSPS) is 11.9. The molecule has 4 heterocycles. The second-order valence-corrected chi connectivity index (χ2v) is 14.0. The van der Waals surface area contributed by atoms with E-state index in [1.54, 1.807) is 0 Å². The SMILES string of the molecule is c1ccc(-c2cc(-c3ccccc3)cc(-c3nc(-n4c5ccccc5c5ccc6c7ccccc7sc6c54)nc4c3oc3ccccc34)c2)cc1. The Morgan fingerprint density at radius 3 is 1.84 bits per heavy atom. The number of thiophene rings is 1. The summed E-state index contributed by atoms with van der Waals surface area (Å²) in [5.74, 6) is 0.617. The van der Waals surface area contributed by atoms with Crippen molar-refractivity contribution in [3.63, 3.8) is 0 Å². The van der Waals surface area contributed by atoms with Gasteiger partial charge in [0.25, 0.3) is 0 Å². The number of aromatic nitrogens is 3. The van der Waals surface area contributed by atoms with Gasteiger partial charge in [0, 0.05) is 37.2 Å². The fourth-order valence-corrected chi connectivity index (χ4v) is 8.91. The van der Waals surface area contributed by atoms with Crippen LogP contribution in [0.5, 0.6) is 0 Å². The Morgan fingerprint density at radius 1 is 0.471 bits per heavy atom. The molecule has 4 aromatic heterocycles. The van der Waals surface area contributed by atoms with Crippen LogP contribution in [0.25, 0.3) is 104 Å². The zero-order chi connectivity index (χ0) is 33.5. The summed E-state index contributed by atoms with van der Waals surface area (Å²) in [6, 6.07) is 57.7. The van der Waals surface area contributed by atoms with E-state index in [0.717, 1.165) is 61.0 Å². The molecule has 0 aliphatic rings. The van der Waals surface area contributed by atoms with Gasteiger partial charge in [0.05, 0.1) is 15.7 Å². The Morgan fingerprint density at radius 2 is 1.08 bits per heavy atom. The molecular weight excluding hydrogens is 643 g/mol. The third-order valence-electron chi connectivity index (χ3n) is 10.0. The molecule has 0 saturated heterocycles. The van der Waals surface area contributed by atoms with Gasteiger partial charge in [0.2, 0.25) is 5.95 Å². The summed E-state index contributed by atoms with van der Waals surface area (Å²) in [5, 5.41) is 5.83. The molecule has 7 aromatic carbocycles. The van der Waals surface area contributed by atoms with Crippen LogP contribution in [0.4, 0.5) is 0 Å². The minimum absolute atomic E-state index is 0.617. The van der Waals surface area contributed by atoms with Crippen LogP contribution in [0.2, 0.25) is 0 Å². The Hall–Kier alpha value is -6.56. The Kier molecular flexibility index (Phi) is 6.09. The van der Waals surface area contributed by atoms with E-state index in [-0.39, 0.29) is 0 Å². The van der Waals surface area contributed by atoms with Crippen LogP contribution in [-0.4, -0.2) is 14.5 Å². The van der Waals surface area contributed by atoms with E-state index in [4.69, 9.17) is 14.4 Å². The molecule has 0 aliphatic heterocycles. The Labute approximate surface area is 296 Å².